The molecule has 140 valence electrons. The second-order valence-corrected chi connectivity index (χ2v) is 8.02. The molecular formula is C18H23N3O4S. The van der Waals surface area contributed by atoms with Crippen LogP contribution in [0.15, 0.2) is 53.4 Å². The Hall–Kier alpha value is -2.58. The van der Waals surface area contributed by atoms with Crippen molar-refractivity contribution in [2.24, 2.45) is 0 Å². The number of benzene rings is 2. The van der Waals surface area contributed by atoms with Crippen LogP contribution in [0, 0.1) is 0 Å². The van der Waals surface area contributed by atoms with E-state index in [2.05, 4.69) is 10.6 Å². The third kappa shape index (κ3) is 4.53. The Labute approximate surface area is 154 Å². The highest BCUT2D eigenvalue weighted by atomic mass is 32.2. The van der Waals surface area contributed by atoms with Gasteiger partial charge in [-0.25, -0.2) is 12.7 Å². The summed E-state index contributed by atoms with van der Waals surface area (Å²) in [6, 6.07) is 12.9. The molecule has 1 amide bonds. The lowest BCUT2D eigenvalue weighted by Crippen LogP contribution is -2.32. The van der Waals surface area contributed by atoms with E-state index in [1.165, 1.54) is 26.2 Å². The molecular weight excluding hydrogens is 354 g/mol. The Kier molecular flexibility index (Phi) is 6.23. The summed E-state index contributed by atoms with van der Waals surface area (Å²) < 4.78 is 30.8. The van der Waals surface area contributed by atoms with Crippen molar-refractivity contribution in [2.75, 3.05) is 31.8 Å². The van der Waals surface area contributed by atoms with Gasteiger partial charge in [-0.1, -0.05) is 18.2 Å². The molecule has 2 N–H and O–H groups in total. The van der Waals surface area contributed by atoms with Crippen molar-refractivity contribution in [3.8, 4) is 5.75 Å². The predicted molar refractivity (Wildman–Crippen MR) is 102 cm³/mol. The quantitative estimate of drug-likeness (QED) is 0.774. The second-order valence-electron chi connectivity index (χ2n) is 5.87. The average molecular weight is 377 g/mol. The Morgan fingerprint density at radius 3 is 2.46 bits per heavy atom. The Balaban J connectivity index is 2.12. The third-order valence-electron chi connectivity index (χ3n) is 3.75. The van der Waals surface area contributed by atoms with Gasteiger partial charge in [-0.3, -0.25) is 4.79 Å². The number of carbonyl (C=O) groups excluding carboxylic acids is 1. The van der Waals surface area contributed by atoms with Crippen molar-refractivity contribution >= 4 is 27.3 Å². The van der Waals surface area contributed by atoms with Crippen LogP contribution in [0.1, 0.15) is 6.92 Å². The van der Waals surface area contributed by atoms with Gasteiger partial charge >= 0.3 is 0 Å². The maximum atomic E-state index is 12.4. The molecule has 0 saturated carbocycles. The molecule has 7 nitrogen and oxygen atoms in total. The zero-order valence-electron chi connectivity index (χ0n) is 15.2. The number of nitrogens with zero attached hydrogens (tertiary/aromatic N) is 1. The first-order valence-corrected chi connectivity index (χ1v) is 9.42. The zero-order chi connectivity index (χ0) is 19.3. The predicted octanol–water partition coefficient (Wildman–Crippen LogP) is 2.38. The fourth-order valence-electron chi connectivity index (χ4n) is 2.26. The molecule has 0 aliphatic rings. The third-order valence-corrected chi connectivity index (χ3v) is 5.56. The van der Waals surface area contributed by atoms with Crippen molar-refractivity contribution in [1.82, 2.24) is 4.31 Å². The Morgan fingerprint density at radius 2 is 1.81 bits per heavy atom. The normalized spacial score (nSPS) is 12.5. The number of nitrogens with one attached hydrogen (secondary N) is 2. The first kappa shape index (κ1) is 19.7. The first-order valence-electron chi connectivity index (χ1n) is 7.98. The molecule has 8 heteroatoms. The van der Waals surface area contributed by atoms with Crippen LogP contribution in [0.4, 0.5) is 11.4 Å². The highest BCUT2D eigenvalue weighted by molar-refractivity contribution is 7.89. The van der Waals surface area contributed by atoms with Gasteiger partial charge in [0.25, 0.3) is 0 Å². The van der Waals surface area contributed by atoms with Crippen molar-refractivity contribution in [1.29, 1.82) is 0 Å². The van der Waals surface area contributed by atoms with E-state index in [1.54, 1.807) is 32.2 Å². The van der Waals surface area contributed by atoms with Gasteiger partial charge in [0.1, 0.15) is 11.8 Å². The van der Waals surface area contributed by atoms with E-state index in [1.807, 2.05) is 18.2 Å². The number of rotatable bonds is 7. The maximum Gasteiger partial charge on any atom is 0.246 e. The van der Waals surface area contributed by atoms with Gasteiger partial charge in [0.05, 0.1) is 17.7 Å². The van der Waals surface area contributed by atoms with Crippen LogP contribution in [0.3, 0.4) is 0 Å². The number of methoxy groups -OCH3 is 1. The van der Waals surface area contributed by atoms with Crippen molar-refractivity contribution < 1.29 is 17.9 Å². The van der Waals surface area contributed by atoms with Gasteiger partial charge in [-0.15, -0.1) is 0 Å². The molecule has 0 spiro atoms. The molecule has 0 aliphatic heterocycles. The zero-order valence-corrected chi connectivity index (χ0v) is 16.0. The number of para-hydroxylation sites is 2. The van der Waals surface area contributed by atoms with Gasteiger partial charge in [0, 0.05) is 19.8 Å². The van der Waals surface area contributed by atoms with E-state index in [4.69, 9.17) is 4.74 Å². The van der Waals surface area contributed by atoms with Crippen LogP contribution in [0.2, 0.25) is 0 Å². The molecule has 1 unspecified atom stereocenters. The van der Waals surface area contributed by atoms with Gasteiger partial charge < -0.3 is 15.4 Å². The van der Waals surface area contributed by atoms with E-state index in [0.717, 1.165) is 4.31 Å². The fraction of sp³-hybridized carbons (Fsp3) is 0.278. The van der Waals surface area contributed by atoms with Crippen LogP contribution >= 0.6 is 0 Å². The first-order chi connectivity index (χ1) is 12.3. The van der Waals surface area contributed by atoms with Gasteiger partial charge in [0.15, 0.2) is 0 Å². The summed E-state index contributed by atoms with van der Waals surface area (Å²) in [5, 5.41) is 5.81. The number of hydrogen-bond acceptors (Lipinski definition) is 5. The van der Waals surface area contributed by atoms with E-state index in [9.17, 15) is 13.2 Å². The van der Waals surface area contributed by atoms with Crippen LogP contribution in [0.25, 0.3) is 0 Å². The van der Waals surface area contributed by atoms with E-state index in [0.29, 0.717) is 17.1 Å². The molecule has 26 heavy (non-hydrogen) atoms. The van der Waals surface area contributed by atoms with Crippen LogP contribution < -0.4 is 15.4 Å². The van der Waals surface area contributed by atoms with E-state index < -0.39 is 16.1 Å². The summed E-state index contributed by atoms with van der Waals surface area (Å²) in [5.41, 5.74) is 1.10. The largest absolute Gasteiger partial charge is 0.495 e. The highest BCUT2D eigenvalue weighted by Crippen LogP contribution is 2.24. The summed E-state index contributed by atoms with van der Waals surface area (Å²) in [6.07, 6.45) is 0. The molecule has 1 atom stereocenters. The monoisotopic (exact) mass is 377 g/mol. The summed E-state index contributed by atoms with van der Waals surface area (Å²) in [4.78, 5) is 12.6. The number of carbonyl (C=O) groups is 1. The molecule has 0 heterocycles. The molecule has 2 aromatic carbocycles. The number of sulfonamides is 1. The lowest BCUT2D eigenvalue weighted by molar-refractivity contribution is -0.116. The summed E-state index contributed by atoms with van der Waals surface area (Å²) in [7, 11) is 0.911. The summed E-state index contributed by atoms with van der Waals surface area (Å²) >= 11 is 0. The van der Waals surface area contributed by atoms with Crippen molar-refractivity contribution in [3.05, 3.63) is 48.5 Å². The Bertz CT molecular complexity index is 882. The van der Waals surface area contributed by atoms with Gasteiger partial charge in [-0.05, 0) is 37.3 Å². The van der Waals surface area contributed by atoms with Crippen molar-refractivity contribution in [2.45, 2.75) is 17.9 Å². The molecule has 0 radical (unpaired) electrons. The maximum absolute atomic E-state index is 12.4. The summed E-state index contributed by atoms with van der Waals surface area (Å²) in [5.74, 6) is 0.335. The van der Waals surface area contributed by atoms with Gasteiger partial charge in [0.2, 0.25) is 15.9 Å². The lowest BCUT2D eigenvalue weighted by Gasteiger charge is -2.18. The number of amides is 1. The highest BCUT2D eigenvalue weighted by Gasteiger charge is 2.19. The summed E-state index contributed by atoms with van der Waals surface area (Å²) in [6.45, 7) is 1.71. The van der Waals surface area contributed by atoms with Crippen LogP contribution in [0.5, 0.6) is 5.75 Å². The number of ether oxygens (including phenoxy) is 1. The minimum absolute atomic E-state index is 0.116. The smallest absolute Gasteiger partial charge is 0.246 e. The fourth-order valence-corrected chi connectivity index (χ4v) is 3.21. The minimum Gasteiger partial charge on any atom is -0.495 e. The standard InChI is InChI=1S/C18H23N3O4S/c1-13(19-16-10-5-6-11-17(16)25-4)18(22)20-14-8-7-9-15(12-14)26(23,24)21(2)3/h5-13,19H,1-4H3,(H,20,22). The SMILES string of the molecule is COc1ccccc1NC(C)C(=O)Nc1cccc(S(=O)(=O)N(C)C)c1. The van der Waals surface area contributed by atoms with E-state index >= 15 is 0 Å². The molecule has 0 fully saturated rings. The number of anilines is 2. The van der Waals surface area contributed by atoms with Crippen LogP contribution in [-0.2, 0) is 14.8 Å². The molecule has 2 aromatic rings. The molecule has 0 aromatic heterocycles. The number of hydrogen-bond donors (Lipinski definition) is 2. The molecule has 0 saturated heterocycles. The second kappa shape index (κ2) is 8.20. The lowest BCUT2D eigenvalue weighted by atomic mass is 10.2. The molecule has 0 bridgehead atoms. The minimum atomic E-state index is -3.56. The van der Waals surface area contributed by atoms with Gasteiger partial charge in [-0.2, -0.15) is 0 Å². The van der Waals surface area contributed by atoms with Crippen molar-refractivity contribution in [3.63, 3.8) is 0 Å². The molecule has 2 rings (SSSR count). The Morgan fingerprint density at radius 1 is 1.12 bits per heavy atom. The topological polar surface area (TPSA) is 87.7 Å². The van der Waals surface area contributed by atoms with Crippen LogP contribution in [-0.4, -0.2) is 45.9 Å². The van der Waals surface area contributed by atoms with E-state index in [-0.39, 0.29) is 10.8 Å². The molecule has 0 aliphatic carbocycles. The average Bonchev–Trinajstić information content (AvgIpc) is 2.62.